The summed E-state index contributed by atoms with van der Waals surface area (Å²) in [4.78, 5) is 26.9. The predicted octanol–water partition coefficient (Wildman–Crippen LogP) is 6.02. The van der Waals surface area contributed by atoms with Gasteiger partial charge in [0.05, 0.1) is 23.8 Å². The SMILES string of the molecule is COc1ccc([C@@H]2C(C(=O)OCC(C)C)=C(C)NC3=C2C(=O)C[C@H](c2ccccc2)C3)cc1Br. The van der Waals surface area contributed by atoms with Crippen LogP contribution in [0.2, 0.25) is 0 Å². The monoisotopic (exact) mass is 523 g/mol. The van der Waals surface area contributed by atoms with Gasteiger partial charge in [0.2, 0.25) is 0 Å². The van der Waals surface area contributed by atoms with Gasteiger partial charge in [-0.15, -0.1) is 0 Å². The molecule has 0 aromatic heterocycles. The van der Waals surface area contributed by atoms with Crippen molar-refractivity contribution < 1.29 is 19.1 Å². The first-order chi connectivity index (χ1) is 16.3. The number of ketones is 1. The van der Waals surface area contributed by atoms with Crippen LogP contribution in [0.3, 0.4) is 0 Å². The van der Waals surface area contributed by atoms with Crippen molar-refractivity contribution in [3.63, 3.8) is 0 Å². The van der Waals surface area contributed by atoms with E-state index in [1.54, 1.807) is 7.11 Å². The molecule has 5 nitrogen and oxygen atoms in total. The highest BCUT2D eigenvalue weighted by molar-refractivity contribution is 9.10. The van der Waals surface area contributed by atoms with Gasteiger partial charge in [0.1, 0.15) is 5.75 Å². The summed E-state index contributed by atoms with van der Waals surface area (Å²) in [5, 5.41) is 3.41. The van der Waals surface area contributed by atoms with E-state index in [0.717, 1.165) is 27.0 Å². The van der Waals surface area contributed by atoms with Gasteiger partial charge in [0.25, 0.3) is 0 Å². The summed E-state index contributed by atoms with van der Waals surface area (Å²) >= 11 is 3.57. The number of rotatable bonds is 6. The minimum Gasteiger partial charge on any atom is -0.496 e. The van der Waals surface area contributed by atoms with E-state index in [1.807, 2.05) is 57.2 Å². The third-order valence-corrected chi connectivity index (χ3v) is 7.00. The molecule has 0 spiro atoms. The van der Waals surface area contributed by atoms with Gasteiger partial charge in [0.15, 0.2) is 5.78 Å². The molecule has 2 atom stereocenters. The van der Waals surface area contributed by atoms with Crippen LogP contribution in [0.15, 0.2) is 75.5 Å². The molecule has 0 unspecified atom stereocenters. The van der Waals surface area contributed by atoms with Crippen LogP contribution in [-0.2, 0) is 14.3 Å². The van der Waals surface area contributed by atoms with E-state index in [-0.39, 0.29) is 23.6 Å². The van der Waals surface area contributed by atoms with Gasteiger partial charge in [-0.05, 0) is 64.4 Å². The van der Waals surface area contributed by atoms with E-state index in [9.17, 15) is 9.59 Å². The summed E-state index contributed by atoms with van der Waals surface area (Å²) in [6, 6.07) is 15.8. The van der Waals surface area contributed by atoms with Crippen molar-refractivity contribution >= 4 is 27.7 Å². The van der Waals surface area contributed by atoms with Gasteiger partial charge in [-0.25, -0.2) is 4.79 Å². The smallest absolute Gasteiger partial charge is 0.336 e. The molecule has 2 aromatic rings. The number of esters is 1. The molecule has 1 N–H and O–H groups in total. The molecule has 0 bridgehead atoms. The first-order valence-corrected chi connectivity index (χ1v) is 12.4. The van der Waals surface area contributed by atoms with Gasteiger partial charge in [-0.3, -0.25) is 4.79 Å². The molecule has 2 aromatic carbocycles. The molecule has 6 heteroatoms. The fraction of sp³-hybridized carbons (Fsp3) is 0.357. The number of benzene rings is 2. The number of carbonyl (C=O) groups is 2. The lowest BCUT2D eigenvalue weighted by Crippen LogP contribution is -2.36. The number of halogens is 1. The second-order valence-electron chi connectivity index (χ2n) is 9.31. The third kappa shape index (κ3) is 4.83. The first-order valence-electron chi connectivity index (χ1n) is 11.6. The molecule has 4 rings (SSSR count). The van der Waals surface area contributed by atoms with Crippen LogP contribution >= 0.6 is 15.9 Å². The minimum atomic E-state index is -0.498. The number of allylic oxidation sites excluding steroid dienone is 3. The van der Waals surface area contributed by atoms with Gasteiger partial charge in [0, 0.05) is 29.3 Å². The highest BCUT2D eigenvalue weighted by Crippen LogP contribution is 2.46. The normalized spacial score (nSPS) is 20.2. The molecule has 34 heavy (non-hydrogen) atoms. The van der Waals surface area contributed by atoms with Gasteiger partial charge in [-0.2, -0.15) is 0 Å². The highest BCUT2D eigenvalue weighted by Gasteiger charge is 2.41. The van der Waals surface area contributed by atoms with Crippen molar-refractivity contribution in [3.8, 4) is 5.75 Å². The molecule has 0 radical (unpaired) electrons. The summed E-state index contributed by atoms with van der Waals surface area (Å²) in [5.41, 5.74) is 4.76. The van der Waals surface area contributed by atoms with E-state index in [4.69, 9.17) is 9.47 Å². The standard InChI is InChI=1S/C28H30BrNO4/c1-16(2)15-34-28(32)25-17(3)30-22-13-20(18-8-6-5-7-9-18)14-23(31)27(22)26(25)19-10-11-24(33-4)21(29)12-19/h5-12,16,20,26,30H,13-15H2,1-4H3/t20-,26-/m1/s1. The van der Waals surface area contributed by atoms with Crippen molar-refractivity contribution in [2.45, 2.75) is 45.4 Å². The Labute approximate surface area is 209 Å². The molecular formula is C28H30BrNO4. The molecule has 0 fully saturated rings. The minimum absolute atomic E-state index is 0.0567. The molecule has 178 valence electrons. The Balaban J connectivity index is 1.79. The zero-order valence-corrected chi connectivity index (χ0v) is 21.6. The van der Waals surface area contributed by atoms with E-state index in [1.165, 1.54) is 0 Å². The molecule has 0 saturated heterocycles. The lowest BCUT2D eigenvalue weighted by atomic mass is 9.71. The number of carbonyl (C=O) groups excluding carboxylic acids is 2. The second kappa shape index (κ2) is 10.2. The van der Waals surface area contributed by atoms with Crippen molar-refractivity contribution in [2.24, 2.45) is 5.92 Å². The second-order valence-corrected chi connectivity index (χ2v) is 10.2. The van der Waals surface area contributed by atoms with E-state index in [2.05, 4.69) is 33.4 Å². The number of ether oxygens (including phenoxy) is 2. The maximum atomic E-state index is 13.6. The molecule has 1 aliphatic heterocycles. The Hall–Kier alpha value is -2.86. The fourth-order valence-corrected chi connectivity index (χ4v) is 5.34. The number of nitrogens with one attached hydrogen (secondary N) is 1. The van der Waals surface area contributed by atoms with Crippen LogP contribution in [0.4, 0.5) is 0 Å². The quantitative estimate of drug-likeness (QED) is 0.469. The molecule has 1 aliphatic carbocycles. The number of hydrogen-bond donors (Lipinski definition) is 1. The predicted molar refractivity (Wildman–Crippen MR) is 136 cm³/mol. The Kier molecular flexibility index (Phi) is 7.27. The topological polar surface area (TPSA) is 64.6 Å². The van der Waals surface area contributed by atoms with Crippen LogP contribution in [0.25, 0.3) is 0 Å². The molecule has 0 amide bonds. The zero-order valence-electron chi connectivity index (χ0n) is 20.0. The van der Waals surface area contributed by atoms with Gasteiger partial charge in [-0.1, -0.05) is 50.2 Å². The highest BCUT2D eigenvalue weighted by atomic mass is 79.9. The van der Waals surface area contributed by atoms with Crippen LogP contribution in [-0.4, -0.2) is 25.5 Å². The van der Waals surface area contributed by atoms with E-state index < -0.39 is 5.92 Å². The number of Topliss-reactive ketones (excluding diaryl/α,β-unsaturated/α-hetero) is 1. The average Bonchev–Trinajstić information content (AvgIpc) is 2.82. The maximum absolute atomic E-state index is 13.6. The zero-order chi connectivity index (χ0) is 24.4. The molecule has 1 heterocycles. The Morgan fingerprint density at radius 1 is 1.12 bits per heavy atom. The lowest BCUT2D eigenvalue weighted by Gasteiger charge is -2.37. The summed E-state index contributed by atoms with van der Waals surface area (Å²) in [6.45, 7) is 6.21. The van der Waals surface area contributed by atoms with Gasteiger partial charge < -0.3 is 14.8 Å². The Morgan fingerprint density at radius 2 is 1.85 bits per heavy atom. The number of dihydropyridines is 1. The Morgan fingerprint density at radius 3 is 2.50 bits per heavy atom. The number of methoxy groups -OCH3 is 1. The van der Waals surface area contributed by atoms with E-state index in [0.29, 0.717) is 36.3 Å². The maximum Gasteiger partial charge on any atom is 0.336 e. The van der Waals surface area contributed by atoms with Crippen LogP contribution in [0.1, 0.15) is 56.6 Å². The molecule has 2 aliphatic rings. The lowest BCUT2D eigenvalue weighted by molar-refractivity contribution is -0.140. The van der Waals surface area contributed by atoms with Crippen LogP contribution < -0.4 is 10.1 Å². The van der Waals surface area contributed by atoms with Gasteiger partial charge >= 0.3 is 5.97 Å². The van der Waals surface area contributed by atoms with Crippen molar-refractivity contribution in [1.82, 2.24) is 5.32 Å². The fourth-order valence-electron chi connectivity index (χ4n) is 4.79. The van der Waals surface area contributed by atoms with Crippen molar-refractivity contribution in [2.75, 3.05) is 13.7 Å². The summed E-state index contributed by atoms with van der Waals surface area (Å²) in [5.74, 6) is 0.178. The van der Waals surface area contributed by atoms with Crippen LogP contribution in [0, 0.1) is 5.92 Å². The first kappa shape index (κ1) is 24.3. The summed E-state index contributed by atoms with van der Waals surface area (Å²) in [6.07, 6.45) is 1.12. The van der Waals surface area contributed by atoms with E-state index >= 15 is 0 Å². The van der Waals surface area contributed by atoms with Crippen molar-refractivity contribution in [1.29, 1.82) is 0 Å². The van der Waals surface area contributed by atoms with Crippen molar-refractivity contribution in [3.05, 3.63) is 86.7 Å². The third-order valence-electron chi connectivity index (χ3n) is 6.38. The largest absolute Gasteiger partial charge is 0.496 e. The molecule has 0 saturated carbocycles. The van der Waals surface area contributed by atoms with Crippen LogP contribution in [0.5, 0.6) is 5.75 Å². The Bertz CT molecular complexity index is 1170. The summed E-state index contributed by atoms with van der Waals surface area (Å²) in [7, 11) is 1.61. The molecular weight excluding hydrogens is 494 g/mol. The number of hydrogen-bond acceptors (Lipinski definition) is 5. The average molecular weight is 524 g/mol. The summed E-state index contributed by atoms with van der Waals surface area (Å²) < 4.78 is 11.8.